The molecule has 3 atom stereocenters. The van der Waals surface area contributed by atoms with Crippen LogP contribution in [0.4, 0.5) is 0 Å². The van der Waals surface area contributed by atoms with E-state index in [9.17, 15) is 9.90 Å². The molecule has 15 heavy (non-hydrogen) atoms. The van der Waals surface area contributed by atoms with E-state index in [1.165, 1.54) is 6.42 Å². The second kappa shape index (κ2) is 5.61. The number of hydrogen-bond donors (Lipinski definition) is 1. The van der Waals surface area contributed by atoms with Crippen LogP contribution in [0.2, 0.25) is 0 Å². The first-order chi connectivity index (χ1) is 7.02. The molecular formula is C12H23NO2. The van der Waals surface area contributed by atoms with Gasteiger partial charge in [-0.2, -0.15) is 0 Å². The van der Waals surface area contributed by atoms with Gasteiger partial charge in [-0.05, 0) is 33.7 Å². The number of aliphatic hydroxyl groups excluding tert-OH is 1. The average Bonchev–Trinajstić information content (AvgIpc) is 2.16. The Morgan fingerprint density at radius 3 is 2.60 bits per heavy atom. The van der Waals surface area contributed by atoms with E-state index in [2.05, 4.69) is 11.8 Å². The average molecular weight is 213 g/mol. The highest BCUT2D eigenvalue weighted by Crippen LogP contribution is 2.24. The third-order valence-corrected chi connectivity index (χ3v) is 3.50. The summed E-state index contributed by atoms with van der Waals surface area (Å²) in [5.41, 5.74) is 0. The highest BCUT2D eigenvalue weighted by molar-refractivity contribution is 5.76. The monoisotopic (exact) mass is 213 g/mol. The second-order valence-corrected chi connectivity index (χ2v) is 4.84. The molecule has 3 nitrogen and oxygen atoms in total. The molecule has 0 amide bonds. The predicted molar refractivity (Wildman–Crippen MR) is 60.8 cm³/mol. The molecule has 88 valence electrons. The molecule has 3 unspecified atom stereocenters. The number of carbonyl (C=O) groups excluding carboxylic acids is 1. The minimum Gasteiger partial charge on any atom is -0.391 e. The van der Waals surface area contributed by atoms with Crippen LogP contribution in [0.3, 0.4) is 0 Å². The van der Waals surface area contributed by atoms with Crippen LogP contribution in [-0.2, 0) is 4.79 Å². The summed E-state index contributed by atoms with van der Waals surface area (Å²) >= 11 is 0. The van der Waals surface area contributed by atoms with E-state index in [1.807, 2.05) is 7.05 Å². The van der Waals surface area contributed by atoms with Crippen LogP contribution in [0.1, 0.15) is 46.0 Å². The van der Waals surface area contributed by atoms with Crippen molar-refractivity contribution in [3.8, 4) is 0 Å². The van der Waals surface area contributed by atoms with Gasteiger partial charge in [0, 0.05) is 18.5 Å². The lowest BCUT2D eigenvalue weighted by Crippen LogP contribution is -2.47. The van der Waals surface area contributed by atoms with Gasteiger partial charge in [0.2, 0.25) is 0 Å². The quantitative estimate of drug-likeness (QED) is 0.771. The van der Waals surface area contributed by atoms with Crippen LogP contribution >= 0.6 is 0 Å². The highest BCUT2D eigenvalue weighted by Gasteiger charge is 2.29. The van der Waals surface area contributed by atoms with Crippen LogP contribution in [-0.4, -0.2) is 41.0 Å². The fraction of sp³-hybridized carbons (Fsp3) is 0.917. The molecule has 0 aromatic carbocycles. The molecule has 0 aromatic rings. The number of carbonyl (C=O) groups is 1. The number of hydrogen-bond acceptors (Lipinski definition) is 3. The van der Waals surface area contributed by atoms with Gasteiger partial charge >= 0.3 is 0 Å². The molecule has 0 bridgehead atoms. The number of nitrogens with zero attached hydrogens (tertiary/aromatic N) is 1. The highest BCUT2D eigenvalue weighted by atomic mass is 16.3. The Hall–Kier alpha value is -0.410. The van der Waals surface area contributed by atoms with Crippen molar-refractivity contribution in [3.63, 3.8) is 0 Å². The van der Waals surface area contributed by atoms with Crippen LogP contribution in [0, 0.1) is 0 Å². The third kappa shape index (κ3) is 3.58. The zero-order valence-electron chi connectivity index (χ0n) is 10.1. The summed E-state index contributed by atoms with van der Waals surface area (Å²) in [4.78, 5) is 13.2. The van der Waals surface area contributed by atoms with Crippen molar-refractivity contribution in [2.45, 2.75) is 64.1 Å². The fourth-order valence-electron chi connectivity index (χ4n) is 2.45. The van der Waals surface area contributed by atoms with Gasteiger partial charge < -0.3 is 5.11 Å². The van der Waals surface area contributed by atoms with Gasteiger partial charge in [-0.1, -0.05) is 12.8 Å². The Kier molecular flexibility index (Phi) is 4.74. The SMILES string of the molecule is CC(=O)CC(C)N(C)C1CCCCC1O. The molecule has 1 N–H and O–H groups in total. The third-order valence-electron chi connectivity index (χ3n) is 3.50. The molecule has 1 fully saturated rings. The number of aliphatic hydroxyl groups is 1. The van der Waals surface area contributed by atoms with Gasteiger partial charge in [-0.25, -0.2) is 0 Å². The molecule has 1 aliphatic carbocycles. The maximum absolute atomic E-state index is 11.0. The van der Waals surface area contributed by atoms with E-state index in [-0.39, 0.29) is 24.0 Å². The van der Waals surface area contributed by atoms with Gasteiger partial charge in [-0.15, -0.1) is 0 Å². The molecule has 0 saturated heterocycles. The molecule has 0 aromatic heterocycles. The minimum atomic E-state index is -0.210. The van der Waals surface area contributed by atoms with Gasteiger partial charge in [-0.3, -0.25) is 9.69 Å². The van der Waals surface area contributed by atoms with Crippen molar-refractivity contribution in [3.05, 3.63) is 0 Å². The summed E-state index contributed by atoms with van der Waals surface area (Å²) in [5.74, 6) is 0.222. The van der Waals surface area contributed by atoms with E-state index in [4.69, 9.17) is 0 Å². The molecule has 1 saturated carbocycles. The fourth-order valence-corrected chi connectivity index (χ4v) is 2.45. The van der Waals surface area contributed by atoms with Crippen molar-refractivity contribution in [1.29, 1.82) is 0 Å². The molecule has 0 radical (unpaired) electrons. The summed E-state index contributed by atoms with van der Waals surface area (Å²) in [6.45, 7) is 3.68. The molecule has 1 rings (SSSR count). The van der Waals surface area contributed by atoms with Crippen molar-refractivity contribution in [2.24, 2.45) is 0 Å². The Labute approximate surface area is 92.5 Å². The Balaban J connectivity index is 2.49. The molecule has 0 heterocycles. The normalized spacial score (nSPS) is 29.1. The van der Waals surface area contributed by atoms with Crippen molar-refractivity contribution in [2.75, 3.05) is 7.05 Å². The minimum absolute atomic E-state index is 0.210. The summed E-state index contributed by atoms with van der Waals surface area (Å²) in [6.07, 6.45) is 4.66. The van der Waals surface area contributed by atoms with E-state index in [0.717, 1.165) is 19.3 Å². The predicted octanol–water partition coefficient (Wildman–Crippen LogP) is 1.59. The van der Waals surface area contributed by atoms with E-state index in [0.29, 0.717) is 6.42 Å². The van der Waals surface area contributed by atoms with Crippen LogP contribution in [0.15, 0.2) is 0 Å². The summed E-state index contributed by atoms with van der Waals surface area (Å²) < 4.78 is 0. The molecule has 1 aliphatic rings. The smallest absolute Gasteiger partial charge is 0.131 e. The maximum Gasteiger partial charge on any atom is 0.131 e. The maximum atomic E-state index is 11.0. The number of likely N-dealkylation sites (N-methyl/N-ethyl adjacent to an activating group) is 1. The molecular weight excluding hydrogens is 190 g/mol. The van der Waals surface area contributed by atoms with Gasteiger partial charge in [0.05, 0.1) is 6.10 Å². The Bertz CT molecular complexity index is 218. The van der Waals surface area contributed by atoms with E-state index in [1.54, 1.807) is 6.92 Å². The second-order valence-electron chi connectivity index (χ2n) is 4.84. The van der Waals surface area contributed by atoms with Crippen molar-refractivity contribution >= 4 is 5.78 Å². The van der Waals surface area contributed by atoms with Crippen molar-refractivity contribution in [1.82, 2.24) is 4.90 Å². The first kappa shape index (κ1) is 12.7. The van der Waals surface area contributed by atoms with Gasteiger partial charge in [0.1, 0.15) is 5.78 Å². The zero-order chi connectivity index (χ0) is 11.4. The van der Waals surface area contributed by atoms with E-state index >= 15 is 0 Å². The Morgan fingerprint density at radius 1 is 1.47 bits per heavy atom. The lowest BCUT2D eigenvalue weighted by atomic mass is 9.90. The molecule has 3 heteroatoms. The topological polar surface area (TPSA) is 40.5 Å². The lowest BCUT2D eigenvalue weighted by molar-refractivity contribution is -0.118. The van der Waals surface area contributed by atoms with E-state index < -0.39 is 0 Å². The summed E-state index contributed by atoms with van der Waals surface area (Å²) in [5, 5.41) is 9.90. The number of Topliss-reactive ketones (excluding diaryl/α,β-unsaturated/α-hetero) is 1. The Morgan fingerprint density at radius 2 is 2.07 bits per heavy atom. The summed E-state index contributed by atoms with van der Waals surface area (Å²) in [7, 11) is 2.02. The first-order valence-corrected chi connectivity index (χ1v) is 5.91. The van der Waals surface area contributed by atoms with Crippen molar-refractivity contribution < 1.29 is 9.90 Å². The first-order valence-electron chi connectivity index (χ1n) is 5.91. The van der Waals surface area contributed by atoms with Gasteiger partial charge in [0.25, 0.3) is 0 Å². The summed E-state index contributed by atoms with van der Waals surface area (Å²) in [6, 6.07) is 0.480. The lowest BCUT2D eigenvalue weighted by Gasteiger charge is -2.38. The van der Waals surface area contributed by atoms with Crippen LogP contribution in [0.25, 0.3) is 0 Å². The van der Waals surface area contributed by atoms with Crippen LogP contribution in [0.5, 0.6) is 0 Å². The zero-order valence-corrected chi connectivity index (χ0v) is 10.1. The number of ketones is 1. The number of rotatable bonds is 4. The largest absolute Gasteiger partial charge is 0.391 e. The standard InChI is InChI=1S/C12H23NO2/c1-9(8-10(2)14)13(3)11-6-4-5-7-12(11)15/h9,11-12,15H,4-8H2,1-3H3. The molecule has 0 spiro atoms. The van der Waals surface area contributed by atoms with Crippen LogP contribution < -0.4 is 0 Å². The molecule has 0 aliphatic heterocycles. The van der Waals surface area contributed by atoms with Gasteiger partial charge in [0.15, 0.2) is 0 Å².